The highest BCUT2D eigenvalue weighted by Crippen LogP contribution is 2.31. The highest BCUT2D eigenvalue weighted by atomic mass is 16.5. The van der Waals surface area contributed by atoms with Gasteiger partial charge in [-0.3, -0.25) is 4.79 Å². The summed E-state index contributed by atoms with van der Waals surface area (Å²) in [6.45, 7) is 11.1. The molecule has 1 atom stereocenters. The maximum absolute atomic E-state index is 12.8. The summed E-state index contributed by atoms with van der Waals surface area (Å²) in [6.07, 6.45) is 1.55. The van der Waals surface area contributed by atoms with Crippen LogP contribution < -0.4 is 15.4 Å². The van der Waals surface area contributed by atoms with E-state index in [1.54, 1.807) is 20.8 Å². The number of hydrogen-bond acceptors (Lipinski definition) is 5. The molecule has 0 spiro atoms. The summed E-state index contributed by atoms with van der Waals surface area (Å²) < 4.78 is 5.68. The van der Waals surface area contributed by atoms with Crippen LogP contribution in [0.4, 0.5) is 10.5 Å². The minimum absolute atomic E-state index is 0.145. The highest BCUT2D eigenvalue weighted by Gasteiger charge is 2.45. The third-order valence-corrected chi connectivity index (χ3v) is 4.93. The van der Waals surface area contributed by atoms with Crippen molar-refractivity contribution in [3.8, 4) is 11.8 Å². The molecule has 0 radical (unpaired) electrons. The van der Waals surface area contributed by atoms with Crippen molar-refractivity contribution in [3.63, 3.8) is 0 Å². The first kappa shape index (κ1) is 22.1. The van der Waals surface area contributed by atoms with E-state index in [0.29, 0.717) is 17.4 Å². The van der Waals surface area contributed by atoms with Gasteiger partial charge in [0.25, 0.3) is 5.91 Å². The topological polar surface area (TPSA) is 113 Å². The summed E-state index contributed by atoms with van der Waals surface area (Å²) in [6, 6.07) is 7.81. The Bertz CT molecular complexity index is 875. The number of rotatable bonds is 6. The first-order valence-corrected chi connectivity index (χ1v) is 9.35. The summed E-state index contributed by atoms with van der Waals surface area (Å²) >= 11 is 0. The molecule has 156 valence electrons. The van der Waals surface area contributed by atoms with E-state index < -0.39 is 23.0 Å². The molecule has 1 aromatic carbocycles. The maximum Gasteiger partial charge on any atom is 0.405 e. The number of amides is 2. The molecule has 2 amide bonds. The molecule has 3 N–H and O–H groups in total. The van der Waals surface area contributed by atoms with Crippen LogP contribution >= 0.6 is 0 Å². The number of nitrogens with zero attached hydrogens (tertiary/aromatic N) is 2. The summed E-state index contributed by atoms with van der Waals surface area (Å²) in [5, 5.41) is 14.1. The van der Waals surface area contributed by atoms with Crippen molar-refractivity contribution in [2.24, 2.45) is 5.41 Å². The van der Waals surface area contributed by atoms with Gasteiger partial charge in [-0.15, -0.1) is 0 Å². The molecule has 0 aliphatic carbocycles. The fourth-order valence-electron chi connectivity index (χ4n) is 2.53. The van der Waals surface area contributed by atoms with Gasteiger partial charge in [-0.1, -0.05) is 46.8 Å². The lowest BCUT2D eigenvalue weighted by Gasteiger charge is -2.39. The van der Waals surface area contributed by atoms with Gasteiger partial charge >= 0.3 is 12.1 Å². The minimum atomic E-state index is -1.36. The van der Waals surface area contributed by atoms with E-state index in [1.165, 1.54) is 19.3 Å². The van der Waals surface area contributed by atoms with E-state index in [1.807, 2.05) is 24.3 Å². The third-order valence-electron chi connectivity index (χ3n) is 4.93. The van der Waals surface area contributed by atoms with E-state index in [-0.39, 0.29) is 6.01 Å². The number of carboxylic acid groups (broad SMARTS) is 1. The van der Waals surface area contributed by atoms with Crippen molar-refractivity contribution >= 4 is 17.7 Å². The Morgan fingerprint density at radius 2 is 1.72 bits per heavy atom. The summed E-state index contributed by atoms with van der Waals surface area (Å²) in [7, 11) is 0. The molecule has 0 aliphatic rings. The number of anilines is 1. The smallest absolute Gasteiger partial charge is 0.405 e. The fraction of sp³-hybridized carbons (Fsp3) is 0.429. The third kappa shape index (κ3) is 5.43. The Labute approximate surface area is 170 Å². The van der Waals surface area contributed by atoms with Gasteiger partial charge in [-0.2, -0.15) is 0 Å². The van der Waals surface area contributed by atoms with Crippen molar-refractivity contribution in [2.45, 2.75) is 53.0 Å². The fourth-order valence-corrected chi connectivity index (χ4v) is 2.53. The number of ether oxygens (including phenoxy) is 1. The summed E-state index contributed by atoms with van der Waals surface area (Å²) in [4.78, 5) is 32.2. The first-order chi connectivity index (χ1) is 13.4. The second kappa shape index (κ2) is 8.46. The van der Waals surface area contributed by atoms with E-state index in [2.05, 4.69) is 34.4 Å². The van der Waals surface area contributed by atoms with Gasteiger partial charge in [0.15, 0.2) is 0 Å². The quantitative estimate of drug-likeness (QED) is 0.662. The van der Waals surface area contributed by atoms with Gasteiger partial charge in [0.05, 0.1) is 18.1 Å². The van der Waals surface area contributed by atoms with Gasteiger partial charge < -0.3 is 20.5 Å². The van der Waals surface area contributed by atoms with E-state index in [9.17, 15) is 9.59 Å². The van der Waals surface area contributed by atoms with Gasteiger partial charge in [0.2, 0.25) is 0 Å². The molecule has 0 saturated heterocycles. The first-order valence-electron chi connectivity index (χ1n) is 9.35. The molecule has 0 unspecified atom stereocenters. The zero-order valence-corrected chi connectivity index (χ0v) is 17.6. The number of hydrogen-bond donors (Lipinski definition) is 3. The van der Waals surface area contributed by atoms with Gasteiger partial charge in [-0.05, 0) is 36.0 Å². The van der Waals surface area contributed by atoms with Crippen molar-refractivity contribution in [2.75, 3.05) is 5.32 Å². The minimum Gasteiger partial charge on any atom is -0.465 e. The second-order valence-electron chi connectivity index (χ2n) is 8.34. The molecule has 8 heteroatoms. The van der Waals surface area contributed by atoms with Crippen LogP contribution in [0.15, 0.2) is 36.7 Å². The number of carbonyl (C=O) groups excluding carboxylic acids is 1. The van der Waals surface area contributed by atoms with Crippen molar-refractivity contribution in [1.29, 1.82) is 0 Å². The van der Waals surface area contributed by atoms with Gasteiger partial charge in [0.1, 0.15) is 11.3 Å². The van der Waals surface area contributed by atoms with Crippen LogP contribution in [0.25, 0.3) is 0 Å². The van der Waals surface area contributed by atoms with Crippen LogP contribution in [0.3, 0.4) is 0 Å². The molecule has 0 aliphatic heterocycles. The van der Waals surface area contributed by atoms with E-state index in [4.69, 9.17) is 9.84 Å². The van der Waals surface area contributed by atoms with Crippen LogP contribution in [-0.2, 0) is 4.79 Å². The lowest BCUT2D eigenvalue weighted by atomic mass is 9.74. The average Bonchev–Trinajstić information content (AvgIpc) is 2.62. The molecule has 0 saturated carbocycles. The molecule has 1 heterocycles. The zero-order chi connectivity index (χ0) is 21.8. The Morgan fingerprint density at radius 3 is 2.24 bits per heavy atom. The molecule has 1 aromatic heterocycles. The van der Waals surface area contributed by atoms with Crippen LogP contribution in [-0.4, -0.2) is 32.6 Å². The molecule has 0 bridgehead atoms. The summed E-state index contributed by atoms with van der Waals surface area (Å²) in [5.74, 6) is 0.488. The number of aromatic nitrogens is 2. The van der Waals surface area contributed by atoms with Crippen LogP contribution in [0.1, 0.15) is 53.0 Å². The molecule has 0 fully saturated rings. The second-order valence-corrected chi connectivity index (χ2v) is 8.34. The standard InChI is InChI=1S/C21H28N4O4/c1-13(2)14-8-7-9-16(10-14)29-18-22-11-15(12-23-18)24-17(26)21(6,20(3,4)5)25-19(27)28/h7-13,25H,1-6H3,(H,24,26)(H,27,28)/t21-/m0/s1. The molecular formula is C21H28N4O4. The predicted octanol–water partition coefficient (Wildman–Crippen LogP) is 4.40. The summed E-state index contributed by atoms with van der Waals surface area (Å²) in [5.41, 5.74) is -0.550. The van der Waals surface area contributed by atoms with Crippen molar-refractivity contribution in [1.82, 2.24) is 15.3 Å². The molecular weight excluding hydrogens is 372 g/mol. The normalized spacial score (nSPS) is 13.5. The number of carbonyl (C=O) groups is 2. The zero-order valence-electron chi connectivity index (χ0n) is 17.6. The highest BCUT2D eigenvalue weighted by molar-refractivity contribution is 6.00. The lowest BCUT2D eigenvalue weighted by Crippen LogP contribution is -2.62. The lowest BCUT2D eigenvalue weighted by molar-refractivity contribution is -0.125. The molecule has 29 heavy (non-hydrogen) atoms. The predicted molar refractivity (Wildman–Crippen MR) is 110 cm³/mol. The maximum atomic E-state index is 12.8. The average molecular weight is 400 g/mol. The largest absolute Gasteiger partial charge is 0.465 e. The number of nitrogens with one attached hydrogen (secondary N) is 2. The SMILES string of the molecule is CC(C)c1cccc(Oc2ncc(NC(=O)[C@](C)(NC(=O)O)C(C)(C)C)cn2)c1. The Hall–Kier alpha value is -3.16. The van der Waals surface area contributed by atoms with Gasteiger partial charge in [-0.25, -0.2) is 14.8 Å². The van der Waals surface area contributed by atoms with E-state index in [0.717, 1.165) is 5.56 Å². The Kier molecular flexibility index (Phi) is 6.46. The molecule has 2 rings (SSSR count). The van der Waals surface area contributed by atoms with E-state index >= 15 is 0 Å². The van der Waals surface area contributed by atoms with Crippen molar-refractivity contribution in [3.05, 3.63) is 42.2 Å². The Morgan fingerprint density at radius 1 is 1.10 bits per heavy atom. The van der Waals surface area contributed by atoms with Crippen LogP contribution in [0.5, 0.6) is 11.8 Å². The van der Waals surface area contributed by atoms with Crippen LogP contribution in [0.2, 0.25) is 0 Å². The van der Waals surface area contributed by atoms with Crippen molar-refractivity contribution < 1.29 is 19.4 Å². The Balaban J connectivity index is 2.13. The number of benzene rings is 1. The van der Waals surface area contributed by atoms with Gasteiger partial charge in [0, 0.05) is 0 Å². The van der Waals surface area contributed by atoms with Crippen LogP contribution in [0, 0.1) is 5.41 Å². The monoisotopic (exact) mass is 400 g/mol. The molecule has 2 aromatic rings. The molecule has 8 nitrogen and oxygen atoms in total.